The molecular formula is C18H17N3O3S. The molecule has 0 unspecified atom stereocenters. The Kier molecular flexibility index (Phi) is 4.76. The number of carbonyl (C=O) groups is 2. The minimum Gasteiger partial charge on any atom is -0.461 e. The topological polar surface area (TPSA) is 81.2 Å². The molecule has 0 bridgehead atoms. The molecule has 1 amide bonds. The molecule has 0 aliphatic carbocycles. The van der Waals surface area contributed by atoms with Crippen LogP contribution in [-0.4, -0.2) is 28.5 Å². The summed E-state index contributed by atoms with van der Waals surface area (Å²) >= 11 is 1.18. The number of nitrogens with one attached hydrogen (secondary N) is 1. The molecule has 0 fully saturated rings. The van der Waals surface area contributed by atoms with Crippen molar-refractivity contribution >= 4 is 39.2 Å². The third kappa shape index (κ3) is 3.66. The maximum absolute atomic E-state index is 12.7. The van der Waals surface area contributed by atoms with E-state index in [0.29, 0.717) is 10.7 Å². The first-order chi connectivity index (χ1) is 12.0. The molecule has 6 nitrogen and oxygen atoms in total. The Hall–Kier alpha value is -2.80. The number of hydrogen-bond acceptors (Lipinski definition) is 6. The quantitative estimate of drug-likeness (QED) is 0.721. The number of fused-ring (bicyclic) bond motifs is 1. The van der Waals surface area contributed by atoms with Crippen LogP contribution in [0.5, 0.6) is 0 Å². The summed E-state index contributed by atoms with van der Waals surface area (Å²) in [4.78, 5) is 33.0. The second-order valence-electron chi connectivity index (χ2n) is 5.54. The monoisotopic (exact) mass is 355 g/mol. The fourth-order valence-electron chi connectivity index (χ4n) is 2.45. The van der Waals surface area contributed by atoms with Crippen molar-refractivity contribution in [1.82, 2.24) is 9.97 Å². The molecule has 0 saturated heterocycles. The lowest BCUT2D eigenvalue weighted by molar-refractivity contribution is 0.0520. The highest BCUT2D eigenvalue weighted by atomic mass is 32.1. The third-order valence-electron chi connectivity index (χ3n) is 3.55. The van der Waals surface area contributed by atoms with Gasteiger partial charge in [-0.3, -0.25) is 15.1 Å². The van der Waals surface area contributed by atoms with E-state index in [1.165, 1.54) is 11.3 Å². The van der Waals surface area contributed by atoms with E-state index in [1.54, 1.807) is 18.4 Å². The van der Waals surface area contributed by atoms with Crippen molar-refractivity contribution in [3.05, 3.63) is 52.2 Å². The standard InChI is InChI=1S/C18H17N3O3S/c1-4-24-17(23)15-9-25-18(20-15)21-16(22)13-8-11(3)19-14-6-5-10(2)7-12(13)14/h5-9H,4H2,1-3H3,(H,20,21,22). The molecule has 0 saturated carbocycles. The van der Waals surface area contributed by atoms with E-state index in [1.807, 2.05) is 32.0 Å². The molecule has 2 heterocycles. The van der Waals surface area contributed by atoms with Gasteiger partial charge in [-0.25, -0.2) is 9.78 Å². The van der Waals surface area contributed by atoms with E-state index < -0.39 is 5.97 Å². The Bertz CT molecular complexity index is 965. The van der Waals surface area contributed by atoms with E-state index in [9.17, 15) is 9.59 Å². The van der Waals surface area contributed by atoms with Gasteiger partial charge in [0.25, 0.3) is 5.91 Å². The van der Waals surface area contributed by atoms with Crippen LogP contribution in [0.1, 0.15) is 39.0 Å². The SMILES string of the molecule is CCOC(=O)c1csc(NC(=O)c2cc(C)nc3ccc(C)cc23)n1. The van der Waals surface area contributed by atoms with Crippen molar-refractivity contribution in [3.8, 4) is 0 Å². The largest absolute Gasteiger partial charge is 0.461 e. The van der Waals surface area contributed by atoms with Crippen molar-refractivity contribution in [2.75, 3.05) is 11.9 Å². The molecule has 3 rings (SSSR count). The molecule has 3 aromatic rings. The van der Waals surface area contributed by atoms with Gasteiger partial charge in [-0.1, -0.05) is 11.6 Å². The normalized spacial score (nSPS) is 10.7. The van der Waals surface area contributed by atoms with Crippen molar-refractivity contribution in [1.29, 1.82) is 0 Å². The minimum absolute atomic E-state index is 0.189. The van der Waals surface area contributed by atoms with Crippen LogP contribution in [0.25, 0.3) is 10.9 Å². The van der Waals surface area contributed by atoms with Crippen LogP contribution in [0, 0.1) is 13.8 Å². The number of ether oxygens (including phenoxy) is 1. The van der Waals surface area contributed by atoms with Crippen molar-refractivity contribution in [2.24, 2.45) is 0 Å². The Morgan fingerprint density at radius 1 is 1.20 bits per heavy atom. The summed E-state index contributed by atoms with van der Waals surface area (Å²) in [7, 11) is 0. The number of amides is 1. The van der Waals surface area contributed by atoms with Crippen LogP contribution in [0.15, 0.2) is 29.6 Å². The molecule has 1 aromatic carbocycles. The number of esters is 1. The highest BCUT2D eigenvalue weighted by molar-refractivity contribution is 7.14. The fraction of sp³-hybridized carbons (Fsp3) is 0.222. The van der Waals surface area contributed by atoms with Gasteiger partial charge in [0.2, 0.25) is 0 Å². The van der Waals surface area contributed by atoms with E-state index in [0.717, 1.165) is 22.2 Å². The summed E-state index contributed by atoms with van der Waals surface area (Å²) in [5.74, 6) is -0.786. The van der Waals surface area contributed by atoms with E-state index in [2.05, 4.69) is 15.3 Å². The molecule has 0 aliphatic rings. The lowest BCUT2D eigenvalue weighted by atomic mass is 10.0. The van der Waals surface area contributed by atoms with Gasteiger partial charge < -0.3 is 4.74 Å². The van der Waals surface area contributed by atoms with E-state index in [-0.39, 0.29) is 18.2 Å². The van der Waals surface area contributed by atoms with E-state index in [4.69, 9.17) is 4.74 Å². The smallest absolute Gasteiger partial charge is 0.357 e. The van der Waals surface area contributed by atoms with Crippen LogP contribution < -0.4 is 5.32 Å². The predicted molar refractivity (Wildman–Crippen MR) is 97.2 cm³/mol. The summed E-state index contributed by atoms with van der Waals surface area (Å²) in [6.45, 7) is 5.82. The summed E-state index contributed by atoms with van der Waals surface area (Å²) < 4.78 is 4.90. The molecule has 0 spiro atoms. The number of benzene rings is 1. The van der Waals surface area contributed by atoms with Crippen molar-refractivity contribution < 1.29 is 14.3 Å². The molecule has 128 valence electrons. The number of hydrogen-bond donors (Lipinski definition) is 1. The van der Waals surface area contributed by atoms with Gasteiger partial charge in [0.1, 0.15) is 0 Å². The lowest BCUT2D eigenvalue weighted by Crippen LogP contribution is -2.13. The van der Waals surface area contributed by atoms with Crippen LogP contribution in [0.4, 0.5) is 5.13 Å². The minimum atomic E-state index is -0.500. The number of aryl methyl sites for hydroxylation is 2. The molecule has 2 aromatic heterocycles. The third-order valence-corrected chi connectivity index (χ3v) is 4.30. The Morgan fingerprint density at radius 3 is 2.76 bits per heavy atom. The Labute approximate surface area is 148 Å². The van der Waals surface area contributed by atoms with Crippen LogP contribution in [0.2, 0.25) is 0 Å². The zero-order valence-corrected chi connectivity index (χ0v) is 14.9. The van der Waals surface area contributed by atoms with Gasteiger partial charge in [-0.15, -0.1) is 11.3 Å². The highest BCUT2D eigenvalue weighted by Crippen LogP contribution is 2.22. The van der Waals surface area contributed by atoms with Gasteiger partial charge in [-0.2, -0.15) is 0 Å². The Morgan fingerprint density at radius 2 is 2.00 bits per heavy atom. The second kappa shape index (κ2) is 6.98. The summed E-state index contributed by atoms with van der Waals surface area (Å²) in [6.07, 6.45) is 0. The lowest BCUT2D eigenvalue weighted by Gasteiger charge is -2.08. The van der Waals surface area contributed by atoms with Gasteiger partial charge >= 0.3 is 5.97 Å². The molecule has 1 N–H and O–H groups in total. The fourth-order valence-corrected chi connectivity index (χ4v) is 3.13. The molecule has 0 atom stereocenters. The summed E-state index contributed by atoms with van der Waals surface area (Å²) in [5.41, 5.74) is 3.29. The zero-order valence-electron chi connectivity index (χ0n) is 14.1. The average Bonchev–Trinajstić information content (AvgIpc) is 3.03. The number of aromatic nitrogens is 2. The number of pyridine rings is 1. The van der Waals surface area contributed by atoms with Gasteiger partial charge in [-0.05, 0) is 39.0 Å². The number of nitrogens with zero attached hydrogens (tertiary/aromatic N) is 2. The maximum atomic E-state index is 12.7. The average molecular weight is 355 g/mol. The summed E-state index contributed by atoms with van der Waals surface area (Å²) in [6, 6.07) is 7.54. The van der Waals surface area contributed by atoms with Crippen LogP contribution in [-0.2, 0) is 4.74 Å². The highest BCUT2D eigenvalue weighted by Gasteiger charge is 2.16. The van der Waals surface area contributed by atoms with Crippen LogP contribution in [0.3, 0.4) is 0 Å². The zero-order chi connectivity index (χ0) is 18.0. The number of carbonyl (C=O) groups excluding carboxylic acids is 2. The van der Waals surface area contributed by atoms with Crippen molar-refractivity contribution in [2.45, 2.75) is 20.8 Å². The Balaban J connectivity index is 1.90. The second-order valence-corrected chi connectivity index (χ2v) is 6.40. The number of anilines is 1. The first-order valence-electron chi connectivity index (χ1n) is 7.80. The summed E-state index contributed by atoms with van der Waals surface area (Å²) in [5, 5.41) is 5.44. The molecule has 0 aliphatic heterocycles. The maximum Gasteiger partial charge on any atom is 0.357 e. The van der Waals surface area contributed by atoms with E-state index >= 15 is 0 Å². The van der Waals surface area contributed by atoms with Crippen molar-refractivity contribution in [3.63, 3.8) is 0 Å². The van der Waals surface area contributed by atoms with Gasteiger partial charge in [0.05, 0.1) is 17.7 Å². The predicted octanol–water partition coefficient (Wildman–Crippen LogP) is 3.74. The van der Waals surface area contributed by atoms with Crippen LogP contribution >= 0.6 is 11.3 Å². The number of thiazole rings is 1. The molecular weight excluding hydrogens is 338 g/mol. The number of rotatable bonds is 4. The first kappa shape index (κ1) is 17.0. The molecule has 25 heavy (non-hydrogen) atoms. The van der Waals surface area contributed by atoms with Gasteiger partial charge in [0, 0.05) is 16.5 Å². The molecule has 7 heteroatoms. The first-order valence-corrected chi connectivity index (χ1v) is 8.68. The van der Waals surface area contributed by atoms with Gasteiger partial charge in [0.15, 0.2) is 10.8 Å². The molecule has 0 radical (unpaired) electrons.